The van der Waals surface area contributed by atoms with E-state index in [1.165, 1.54) is 0 Å². The standard InChI is InChI=1S/C13H21N3O/c1-10(17)11-5-7-16(8-6-11)13-4-2-3-12(9-14)15-13/h2-4,10-11,17H,5-9,14H2,1H3. The van der Waals surface area contributed by atoms with Gasteiger partial charge in [0.25, 0.3) is 0 Å². The second-order valence-electron chi connectivity index (χ2n) is 4.76. The molecule has 0 saturated carbocycles. The Balaban J connectivity index is 2.00. The van der Waals surface area contributed by atoms with Crippen LogP contribution in [0.15, 0.2) is 18.2 Å². The molecule has 1 atom stereocenters. The van der Waals surface area contributed by atoms with Crippen molar-refractivity contribution in [3.63, 3.8) is 0 Å². The Morgan fingerprint density at radius 3 is 2.76 bits per heavy atom. The van der Waals surface area contributed by atoms with Crippen LogP contribution in [-0.2, 0) is 6.54 Å². The van der Waals surface area contributed by atoms with Crippen molar-refractivity contribution in [1.82, 2.24) is 4.98 Å². The Labute approximate surface area is 102 Å². The predicted octanol–water partition coefficient (Wildman–Crippen LogP) is 1.14. The van der Waals surface area contributed by atoms with E-state index in [-0.39, 0.29) is 6.10 Å². The highest BCUT2D eigenvalue weighted by Crippen LogP contribution is 2.24. The van der Waals surface area contributed by atoms with Gasteiger partial charge >= 0.3 is 0 Å². The zero-order valence-electron chi connectivity index (χ0n) is 10.3. The van der Waals surface area contributed by atoms with Crippen molar-refractivity contribution in [2.75, 3.05) is 18.0 Å². The lowest BCUT2D eigenvalue weighted by atomic mass is 9.92. The molecule has 1 unspecified atom stereocenters. The zero-order valence-corrected chi connectivity index (χ0v) is 10.3. The van der Waals surface area contributed by atoms with Crippen molar-refractivity contribution in [2.45, 2.75) is 32.4 Å². The molecule has 0 amide bonds. The van der Waals surface area contributed by atoms with Crippen LogP contribution in [0.4, 0.5) is 5.82 Å². The number of aromatic nitrogens is 1. The first-order valence-corrected chi connectivity index (χ1v) is 6.29. The number of nitrogens with two attached hydrogens (primary N) is 1. The van der Waals surface area contributed by atoms with Gasteiger partial charge < -0.3 is 15.7 Å². The highest BCUT2D eigenvalue weighted by Gasteiger charge is 2.23. The van der Waals surface area contributed by atoms with Gasteiger partial charge in [-0.1, -0.05) is 6.07 Å². The Hall–Kier alpha value is -1.13. The molecule has 4 heteroatoms. The maximum Gasteiger partial charge on any atom is 0.128 e. The number of aliphatic hydroxyl groups is 1. The minimum atomic E-state index is -0.194. The second kappa shape index (κ2) is 5.47. The average molecular weight is 235 g/mol. The summed E-state index contributed by atoms with van der Waals surface area (Å²) in [6.45, 7) is 4.30. The number of aliphatic hydroxyl groups excluding tert-OH is 1. The molecule has 1 aromatic heterocycles. The quantitative estimate of drug-likeness (QED) is 0.824. The van der Waals surface area contributed by atoms with Gasteiger partial charge in [0.05, 0.1) is 11.8 Å². The van der Waals surface area contributed by atoms with Gasteiger partial charge in [-0.3, -0.25) is 0 Å². The van der Waals surface area contributed by atoms with Crippen LogP contribution in [-0.4, -0.2) is 29.3 Å². The minimum Gasteiger partial charge on any atom is -0.393 e. The molecule has 1 fully saturated rings. The first-order valence-electron chi connectivity index (χ1n) is 6.29. The summed E-state index contributed by atoms with van der Waals surface area (Å²) in [5.41, 5.74) is 6.53. The van der Waals surface area contributed by atoms with Crippen molar-refractivity contribution in [3.8, 4) is 0 Å². The van der Waals surface area contributed by atoms with Crippen molar-refractivity contribution in [1.29, 1.82) is 0 Å². The third-order valence-electron chi connectivity index (χ3n) is 3.55. The molecule has 94 valence electrons. The van der Waals surface area contributed by atoms with E-state index in [0.717, 1.165) is 37.4 Å². The Morgan fingerprint density at radius 2 is 2.18 bits per heavy atom. The smallest absolute Gasteiger partial charge is 0.128 e. The van der Waals surface area contributed by atoms with Gasteiger partial charge in [0.1, 0.15) is 5.82 Å². The van der Waals surface area contributed by atoms with E-state index >= 15 is 0 Å². The fourth-order valence-corrected chi connectivity index (χ4v) is 2.37. The molecule has 0 aliphatic carbocycles. The summed E-state index contributed by atoms with van der Waals surface area (Å²) in [6.07, 6.45) is 1.87. The van der Waals surface area contributed by atoms with Gasteiger partial charge in [-0.15, -0.1) is 0 Å². The number of anilines is 1. The summed E-state index contributed by atoms with van der Waals surface area (Å²) in [6, 6.07) is 5.99. The fourth-order valence-electron chi connectivity index (χ4n) is 2.37. The van der Waals surface area contributed by atoms with E-state index < -0.39 is 0 Å². The number of nitrogens with zero attached hydrogens (tertiary/aromatic N) is 2. The number of piperidine rings is 1. The molecule has 2 rings (SSSR count). The molecule has 0 bridgehead atoms. The number of pyridine rings is 1. The molecular formula is C13H21N3O. The molecule has 0 aromatic carbocycles. The first kappa shape index (κ1) is 12.3. The lowest BCUT2D eigenvalue weighted by Crippen LogP contribution is -2.37. The fraction of sp³-hybridized carbons (Fsp3) is 0.615. The number of hydrogen-bond donors (Lipinski definition) is 2. The number of hydrogen-bond acceptors (Lipinski definition) is 4. The van der Waals surface area contributed by atoms with Crippen LogP contribution in [0.3, 0.4) is 0 Å². The van der Waals surface area contributed by atoms with Crippen molar-refractivity contribution < 1.29 is 5.11 Å². The highest BCUT2D eigenvalue weighted by molar-refractivity contribution is 5.39. The van der Waals surface area contributed by atoms with Gasteiger partial charge in [-0.25, -0.2) is 4.98 Å². The molecule has 1 saturated heterocycles. The largest absolute Gasteiger partial charge is 0.393 e. The van der Waals surface area contributed by atoms with E-state index in [1.807, 2.05) is 25.1 Å². The summed E-state index contributed by atoms with van der Waals surface area (Å²) < 4.78 is 0. The van der Waals surface area contributed by atoms with Crippen molar-refractivity contribution in [2.24, 2.45) is 11.7 Å². The van der Waals surface area contributed by atoms with Crippen LogP contribution in [0.25, 0.3) is 0 Å². The van der Waals surface area contributed by atoms with Gasteiger partial charge in [0.15, 0.2) is 0 Å². The van der Waals surface area contributed by atoms with Gasteiger partial charge in [0.2, 0.25) is 0 Å². The zero-order chi connectivity index (χ0) is 12.3. The van der Waals surface area contributed by atoms with Crippen LogP contribution < -0.4 is 10.6 Å². The molecule has 0 spiro atoms. The topological polar surface area (TPSA) is 62.4 Å². The Bertz CT molecular complexity index is 359. The second-order valence-corrected chi connectivity index (χ2v) is 4.76. The van der Waals surface area contributed by atoms with E-state index in [2.05, 4.69) is 9.88 Å². The maximum absolute atomic E-state index is 9.57. The SMILES string of the molecule is CC(O)C1CCN(c2cccc(CN)n2)CC1. The normalized spacial score (nSPS) is 19.4. The average Bonchev–Trinajstić information content (AvgIpc) is 2.39. The minimum absolute atomic E-state index is 0.194. The van der Waals surface area contributed by atoms with Crippen molar-refractivity contribution in [3.05, 3.63) is 23.9 Å². The van der Waals surface area contributed by atoms with Crippen LogP contribution in [0.5, 0.6) is 0 Å². The summed E-state index contributed by atoms with van der Waals surface area (Å²) in [4.78, 5) is 6.80. The summed E-state index contributed by atoms with van der Waals surface area (Å²) in [5, 5.41) is 9.57. The van der Waals surface area contributed by atoms with E-state index in [4.69, 9.17) is 5.73 Å². The molecule has 1 aliphatic rings. The van der Waals surface area contributed by atoms with Gasteiger partial charge in [-0.05, 0) is 37.8 Å². The molecule has 4 nitrogen and oxygen atoms in total. The molecule has 0 radical (unpaired) electrons. The monoisotopic (exact) mass is 235 g/mol. The van der Waals surface area contributed by atoms with E-state index in [9.17, 15) is 5.11 Å². The molecule has 1 aliphatic heterocycles. The molecular weight excluding hydrogens is 214 g/mol. The molecule has 1 aromatic rings. The predicted molar refractivity (Wildman–Crippen MR) is 68.7 cm³/mol. The first-order chi connectivity index (χ1) is 8.20. The lowest BCUT2D eigenvalue weighted by molar-refractivity contribution is 0.110. The lowest BCUT2D eigenvalue weighted by Gasteiger charge is -2.34. The molecule has 3 N–H and O–H groups in total. The maximum atomic E-state index is 9.57. The van der Waals surface area contributed by atoms with Crippen LogP contribution in [0, 0.1) is 5.92 Å². The Kier molecular flexibility index (Phi) is 3.97. The van der Waals surface area contributed by atoms with Crippen molar-refractivity contribution >= 4 is 5.82 Å². The van der Waals surface area contributed by atoms with Gasteiger partial charge in [0, 0.05) is 19.6 Å². The van der Waals surface area contributed by atoms with E-state index in [0.29, 0.717) is 12.5 Å². The summed E-state index contributed by atoms with van der Waals surface area (Å²) in [5.74, 6) is 1.45. The third kappa shape index (κ3) is 2.96. The highest BCUT2D eigenvalue weighted by atomic mass is 16.3. The third-order valence-corrected chi connectivity index (χ3v) is 3.55. The van der Waals surface area contributed by atoms with Crippen LogP contribution >= 0.6 is 0 Å². The van der Waals surface area contributed by atoms with E-state index in [1.54, 1.807) is 0 Å². The van der Waals surface area contributed by atoms with Crippen LogP contribution in [0.1, 0.15) is 25.5 Å². The molecule has 17 heavy (non-hydrogen) atoms. The summed E-state index contributed by atoms with van der Waals surface area (Å²) >= 11 is 0. The van der Waals surface area contributed by atoms with Gasteiger partial charge in [-0.2, -0.15) is 0 Å². The van der Waals surface area contributed by atoms with Crippen LogP contribution in [0.2, 0.25) is 0 Å². The Morgan fingerprint density at radius 1 is 1.47 bits per heavy atom. The number of rotatable bonds is 3. The summed E-state index contributed by atoms with van der Waals surface area (Å²) in [7, 11) is 0. The molecule has 2 heterocycles.